The molecule has 0 heterocycles. The molecule has 6 heteroatoms. The largest absolute Gasteiger partial charge is 0.506 e. The monoisotopic (exact) mass is 527 g/mol. The second kappa shape index (κ2) is 9.06. The van der Waals surface area contributed by atoms with Crippen LogP contribution in [0.25, 0.3) is 17.2 Å². The lowest BCUT2D eigenvalue weighted by atomic mass is 9.98. The van der Waals surface area contributed by atoms with Crippen LogP contribution in [0.3, 0.4) is 0 Å². The minimum atomic E-state index is -0.449. The Morgan fingerprint density at radius 2 is 1.57 bits per heavy atom. The Kier molecular flexibility index (Phi) is 6.25. The summed E-state index contributed by atoms with van der Waals surface area (Å²) < 4.78 is 6.71. The highest BCUT2D eigenvalue weighted by molar-refractivity contribution is 9.11. The summed E-state index contributed by atoms with van der Waals surface area (Å²) in [6, 6.07) is 20.1. The van der Waals surface area contributed by atoms with E-state index in [1.807, 2.05) is 36.4 Å². The lowest BCUT2D eigenvalue weighted by Gasteiger charge is -2.14. The normalized spacial score (nSPS) is 12.6. The van der Waals surface area contributed by atoms with Gasteiger partial charge in [0.2, 0.25) is 0 Å². The summed E-state index contributed by atoms with van der Waals surface area (Å²) in [5.74, 6) is 0.203. The molecule has 0 atom stereocenters. The van der Waals surface area contributed by atoms with Gasteiger partial charge in [-0.15, -0.1) is 0 Å². The number of carbonyl (C=O) groups is 1. The molecule has 30 heavy (non-hydrogen) atoms. The second-order valence-corrected chi connectivity index (χ2v) is 8.65. The minimum absolute atomic E-state index is 0.0467. The summed E-state index contributed by atoms with van der Waals surface area (Å²) in [6.45, 7) is 0.633. The molecule has 0 saturated carbocycles. The third-order valence-electron chi connectivity index (χ3n) is 5.06. The highest BCUT2D eigenvalue weighted by Crippen LogP contribution is 2.44. The molecular formula is C24H19Br2NO3. The van der Waals surface area contributed by atoms with Crippen LogP contribution in [0.15, 0.2) is 75.7 Å². The van der Waals surface area contributed by atoms with E-state index in [-0.39, 0.29) is 11.7 Å². The highest BCUT2D eigenvalue weighted by Gasteiger charge is 2.28. The van der Waals surface area contributed by atoms with Crippen molar-refractivity contribution in [1.29, 1.82) is 0 Å². The fraction of sp³-hybridized carbons (Fsp3) is 0.125. The third kappa shape index (κ3) is 4.30. The van der Waals surface area contributed by atoms with E-state index >= 15 is 0 Å². The van der Waals surface area contributed by atoms with Gasteiger partial charge in [-0.3, -0.25) is 0 Å². The average Bonchev–Trinajstić information content (AvgIpc) is 3.07. The summed E-state index contributed by atoms with van der Waals surface area (Å²) in [4.78, 5) is 12.2. The van der Waals surface area contributed by atoms with Crippen molar-refractivity contribution in [3.63, 3.8) is 0 Å². The lowest BCUT2D eigenvalue weighted by molar-refractivity contribution is 0.144. The molecule has 3 aromatic rings. The van der Waals surface area contributed by atoms with Gasteiger partial charge in [0.1, 0.15) is 12.4 Å². The van der Waals surface area contributed by atoms with Gasteiger partial charge in [0.15, 0.2) is 0 Å². The molecule has 4 rings (SSSR count). The Labute approximate surface area is 191 Å². The van der Waals surface area contributed by atoms with E-state index in [2.05, 4.69) is 61.4 Å². The van der Waals surface area contributed by atoms with Crippen LogP contribution in [0.1, 0.15) is 22.6 Å². The van der Waals surface area contributed by atoms with Gasteiger partial charge in [-0.05, 0) is 71.8 Å². The van der Waals surface area contributed by atoms with E-state index in [1.54, 1.807) is 12.1 Å². The number of amides is 1. The molecule has 0 aliphatic heterocycles. The van der Waals surface area contributed by atoms with Crippen molar-refractivity contribution in [1.82, 2.24) is 5.32 Å². The van der Waals surface area contributed by atoms with Crippen molar-refractivity contribution in [2.45, 2.75) is 5.92 Å². The maximum atomic E-state index is 12.2. The van der Waals surface area contributed by atoms with Gasteiger partial charge in [0.25, 0.3) is 0 Å². The van der Waals surface area contributed by atoms with Gasteiger partial charge in [0.05, 0.1) is 8.95 Å². The zero-order valence-electron chi connectivity index (χ0n) is 15.9. The standard InChI is InChI=1S/C24H19Br2NO3/c25-21-12-15(13-22(26)23(21)28)6-5-11-27-24(29)30-14-20-18-9-3-1-7-16(18)17-8-2-4-10-19(17)20/h1-10,12-13,20,28H,11,14H2,(H,27,29). The number of hydrogen-bond donors (Lipinski definition) is 2. The Morgan fingerprint density at radius 1 is 1.00 bits per heavy atom. The van der Waals surface area contributed by atoms with E-state index in [0.29, 0.717) is 22.1 Å². The van der Waals surface area contributed by atoms with Crippen LogP contribution in [0.2, 0.25) is 0 Å². The van der Waals surface area contributed by atoms with Crippen LogP contribution in [0.5, 0.6) is 5.75 Å². The first kappa shape index (κ1) is 20.7. The zero-order valence-corrected chi connectivity index (χ0v) is 19.1. The number of phenolic OH excluding ortho intramolecular Hbond substituents is 1. The molecule has 0 fully saturated rings. The van der Waals surface area contributed by atoms with Gasteiger partial charge >= 0.3 is 6.09 Å². The molecular weight excluding hydrogens is 510 g/mol. The van der Waals surface area contributed by atoms with Gasteiger partial charge in [-0.2, -0.15) is 0 Å². The smallest absolute Gasteiger partial charge is 0.407 e. The summed E-state index contributed by atoms with van der Waals surface area (Å²) in [5, 5.41) is 12.5. The highest BCUT2D eigenvalue weighted by atomic mass is 79.9. The number of carbonyl (C=O) groups excluding carboxylic acids is 1. The van der Waals surface area contributed by atoms with Crippen molar-refractivity contribution in [3.05, 3.63) is 92.4 Å². The van der Waals surface area contributed by atoms with Crippen molar-refractivity contribution >= 4 is 44.0 Å². The van der Waals surface area contributed by atoms with Crippen LogP contribution in [0.4, 0.5) is 4.79 Å². The van der Waals surface area contributed by atoms with E-state index in [9.17, 15) is 9.90 Å². The quantitative estimate of drug-likeness (QED) is 0.399. The minimum Gasteiger partial charge on any atom is -0.506 e. The number of halogens is 2. The van der Waals surface area contributed by atoms with Crippen molar-refractivity contribution in [2.75, 3.05) is 13.2 Å². The number of phenols is 1. The SMILES string of the molecule is O=C(NCC=Cc1cc(Br)c(O)c(Br)c1)OCC1c2ccccc2-c2ccccc21. The van der Waals surface area contributed by atoms with Crippen molar-refractivity contribution < 1.29 is 14.6 Å². The number of aromatic hydroxyl groups is 1. The van der Waals surface area contributed by atoms with Crippen LogP contribution < -0.4 is 5.32 Å². The first-order chi connectivity index (χ1) is 14.5. The third-order valence-corrected chi connectivity index (χ3v) is 6.27. The fourth-order valence-electron chi connectivity index (χ4n) is 3.67. The molecule has 2 N–H and O–H groups in total. The Morgan fingerprint density at radius 3 is 2.17 bits per heavy atom. The molecule has 0 spiro atoms. The average molecular weight is 529 g/mol. The molecule has 3 aromatic carbocycles. The number of hydrogen-bond acceptors (Lipinski definition) is 3. The summed E-state index contributed by atoms with van der Waals surface area (Å²) in [7, 11) is 0. The van der Waals surface area contributed by atoms with Gasteiger partial charge in [-0.1, -0.05) is 60.7 Å². The first-order valence-corrected chi connectivity index (χ1v) is 11.1. The number of ether oxygens (including phenoxy) is 1. The van der Waals surface area contributed by atoms with Gasteiger partial charge in [0, 0.05) is 12.5 Å². The van der Waals surface area contributed by atoms with E-state index in [1.165, 1.54) is 22.3 Å². The van der Waals surface area contributed by atoms with Crippen LogP contribution >= 0.6 is 31.9 Å². The molecule has 1 aliphatic carbocycles. The predicted molar refractivity (Wildman–Crippen MR) is 126 cm³/mol. The molecule has 0 saturated heterocycles. The van der Waals surface area contributed by atoms with Crippen LogP contribution in [-0.4, -0.2) is 24.4 Å². The molecule has 152 valence electrons. The van der Waals surface area contributed by atoms with Crippen LogP contribution in [0, 0.1) is 0 Å². The second-order valence-electron chi connectivity index (χ2n) is 6.94. The lowest BCUT2D eigenvalue weighted by Crippen LogP contribution is -2.26. The first-order valence-electron chi connectivity index (χ1n) is 9.48. The molecule has 0 radical (unpaired) electrons. The van der Waals surface area contributed by atoms with Gasteiger partial charge < -0.3 is 15.2 Å². The number of benzene rings is 3. The predicted octanol–water partition coefficient (Wildman–Crippen LogP) is 6.47. The zero-order chi connectivity index (χ0) is 21.1. The van der Waals surface area contributed by atoms with E-state index < -0.39 is 6.09 Å². The Balaban J connectivity index is 1.34. The summed E-state index contributed by atoms with van der Waals surface area (Å²) in [5.41, 5.74) is 5.68. The molecule has 1 aliphatic rings. The van der Waals surface area contributed by atoms with E-state index in [0.717, 1.165) is 5.56 Å². The van der Waals surface area contributed by atoms with Crippen molar-refractivity contribution in [3.8, 4) is 16.9 Å². The number of fused-ring (bicyclic) bond motifs is 3. The molecule has 0 unspecified atom stereocenters. The number of alkyl carbamates (subject to hydrolysis) is 1. The summed E-state index contributed by atoms with van der Waals surface area (Å²) >= 11 is 6.60. The van der Waals surface area contributed by atoms with Gasteiger partial charge in [-0.25, -0.2) is 4.79 Å². The van der Waals surface area contributed by atoms with E-state index in [4.69, 9.17) is 4.74 Å². The fourth-order valence-corrected chi connectivity index (χ4v) is 4.89. The molecule has 0 aromatic heterocycles. The molecule has 4 nitrogen and oxygen atoms in total. The molecule has 0 bridgehead atoms. The number of rotatable bonds is 5. The Hall–Kier alpha value is -2.57. The van der Waals surface area contributed by atoms with Crippen LogP contribution in [-0.2, 0) is 4.74 Å². The summed E-state index contributed by atoms with van der Waals surface area (Å²) in [6.07, 6.45) is 3.24. The number of nitrogens with one attached hydrogen (secondary N) is 1. The topological polar surface area (TPSA) is 58.6 Å². The maximum Gasteiger partial charge on any atom is 0.407 e. The maximum absolute atomic E-state index is 12.2. The molecule has 1 amide bonds. The Bertz CT molecular complexity index is 1060. The van der Waals surface area contributed by atoms with Crippen molar-refractivity contribution in [2.24, 2.45) is 0 Å².